The Morgan fingerprint density at radius 2 is 1.87 bits per heavy atom. The molecule has 0 radical (unpaired) electrons. The number of hydrogen-bond donors (Lipinski definition) is 1. The van der Waals surface area contributed by atoms with Gasteiger partial charge in [-0.25, -0.2) is 9.66 Å². The van der Waals surface area contributed by atoms with Gasteiger partial charge in [-0.3, -0.25) is 4.79 Å². The van der Waals surface area contributed by atoms with Gasteiger partial charge in [0.1, 0.15) is 10.7 Å². The SMILES string of the molecule is CCCCCCCCc1nc2sc3c(c2c(=O)n1N)CCCC3. The predicted octanol–water partition coefficient (Wildman–Crippen LogP) is 3.95. The van der Waals surface area contributed by atoms with E-state index in [1.54, 1.807) is 11.3 Å². The van der Waals surface area contributed by atoms with Gasteiger partial charge in [0.15, 0.2) is 0 Å². The summed E-state index contributed by atoms with van der Waals surface area (Å²) in [5.41, 5.74) is 1.18. The third-order valence-corrected chi connectivity index (χ3v) is 6.03. The van der Waals surface area contributed by atoms with Crippen molar-refractivity contribution in [1.82, 2.24) is 9.66 Å². The Kier molecular flexibility index (Phi) is 5.36. The summed E-state index contributed by atoms with van der Waals surface area (Å²) in [6.45, 7) is 2.23. The van der Waals surface area contributed by atoms with Gasteiger partial charge < -0.3 is 5.84 Å². The van der Waals surface area contributed by atoms with Gasteiger partial charge in [0, 0.05) is 11.3 Å². The smallest absolute Gasteiger partial charge is 0.280 e. The molecule has 2 heterocycles. The van der Waals surface area contributed by atoms with Crippen molar-refractivity contribution in [2.75, 3.05) is 5.84 Å². The van der Waals surface area contributed by atoms with Gasteiger partial charge >= 0.3 is 0 Å². The average molecular weight is 334 g/mol. The topological polar surface area (TPSA) is 60.9 Å². The van der Waals surface area contributed by atoms with Crippen LogP contribution >= 0.6 is 11.3 Å². The molecular weight excluding hydrogens is 306 g/mol. The van der Waals surface area contributed by atoms with Crippen LogP contribution in [0.2, 0.25) is 0 Å². The summed E-state index contributed by atoms with van der Waals surface area (Å²) in [5, 5.41) is 0.791. The van der Waals surface area contributed by atoms with Crippen LogP contribution < -0.4 is 11.4 Å². The summed E-state index contributed by atoms with van der Waals surface area (Å²) < 4.78 is 1.30. The van der Waals surface area contributed by atoms with Crippen LogP contribution in [0.1, 0.15) is 74.6 Å². The number of nitrogens with two attached hydrogens (primary N) is 1. The molecule has 2 N–H and O–H groups in total. The first-order valence-electron chi connectivity index (χ1n) is 9.03. The number of unbranched alkanes of at least 4 members (excludes halogenated alkanes) is 5. The van der Waals surface area contributed by atoms with E-state index in [2.05, 4.69) is 6.92 Å². The lowest BCUT2D eigenvalue weighted by atomic mass is 9.97. The third-order valence-electron chi connectivity index (χ3n) is 4.85. The normalized spacial score (nSPS) is 14.3. The number of thiophene rings is 1. The van der Waals surface area contributed by atoms with E-state index < -0.39 is 0 Å². The molecule has 2 aromatic rings. The number of hydrogen-bond acceptors (Lipinski definition) is 4. The van der Waals surface area contributed by atoms with E-state index in [9.17, 15) is 4.79 Å². The molecule has 23 heavy (non-hydrogen) atoms. The van der Waals surface area contributed by atoms with Crippen molar-refractivity contribution < 1.29 is 0 Å². The van der Waals surface area contributed by atoms with Crippen molar-refractivity contribution in [3.8, 4) is 0 Å². The molecule has 0 atom stereocenters. The summed E-state index contributed by atoms with van der Waals surface area (Å²) in [4.78, 5) is 19.7. The van der Waals surface area contributed by atoms with Gasteiger partial charge in [0.25, 0.3) is 5.56 Å². The van der Waals surface area contributed by atoms with Gasteiger partial charge in [0.05, 0.1) is 5.39 Å². The van der Waals surface area contributed by atoms with Gasteiger partial charge in [-0.1, -0.05) is 39.0 Å². The van der Waals surface area contributed by atoms with Crippen molar-refractivity contribution in [2.45, 2.75) is 77.6 Å². The molecule has 0 aromatic carbocycles. The van der Waals surface area contributed by atoms with Crippen LogP contribution in [0, 0.1) is 0 Å². The number of fused-ring (bicyclic) bond motifs is 3. The second kappa shape index (κ2) is 7.47. The van der Waals surface area contributed by atoms with Crippen LogP contribution in [0.3, 0.4) is 0 Å². The third kappa shape index (κ3) is 3.44. The van der Waals surface area contributed by atoms with Crippen molar-refractivity contribution in [3.05, 3.63) is 26.6 Å². The maximum absolute atomic E-state index is 12.7. The lowest BCUT2D eigenvalue weighted by Gasteiger charge is -2.10. The zero-order valence-corrected chi connectivity index (χ0v) is 14.9. The molecular formula is C18H27N3OS. The molecule has 0 fully saturated rings. The van der Waals surface area contributed by atoms with Gasteiger partial charge in [-0.15, -0.1) is 11.3 Å². The fraction of sp³-hybridized carbons (Fsp3) is 0.667. The predicted molar refractivity (Wildman–Crippen MR) is 97.8 cm³/mol. The number of rotatable bonds is 7. The second-order valence-corrected chi connectivity index (χ2v) is 7.70. The van der Waals surface area contributed by atoms with Crippen molar-refractivity contribution >= 4 is 21.6 Å². The Balaban J connectivity index is 1.77. The minimum Gasteiger partial charge on any atom is -0.335 e. The fourth-order valence-electron chi connectivity index (χ4n) is 3.50. The highest BCUT2D eigenvalue weighted by molar-refractivity contribution is 7.18. The molecule has 126 valence electrons. The molecule has 0 saturated carbocycles. The first-order valence-corrected chi connectivity index (χ1v) is 9.85. The highest BCUT2D eigenvalue weighted by Crippen LogP contribution is 2.33. The van der Waals surface area contributed by atoms with Gasteiger partial charge in [-0.2, -0.15) is 0 Å². The molecule has 0 saturated heterocycles. The van der Waals surface area contributed by atoms with Crippen LogP contribution in [-0.2, 0) is 19.3 Å². The minimum atomic E-state index is -0.0459. The molecule has 3 rings (SSSR count). The Morgan fingerprint density at radius 1 is 1.13 bits per heavy atom. The maximum atomic E-state index is 12.7. The van der Waals surface area contributed by atoms with Crippen LogP contribution in [0.5, 0.6) is 0 Å². The summed E-state index contributed by atoms with van der Waals surface area (Å²) in [6, 6.07) is 0. The Bertz CT molecular complexity index is 732. The summed E-state index contributed by atoms with van der Waals surface area (Å²) in [7, 11) is 0. The van der Waals surface area contributed by atoms with Crippen LogP contribution in [0.15, 0.2) is 4.79 Å². The van der Waals surface area contributed by atoms with E-state index in [0.29, 0.717) is 0 Å². The molecule has 0 bridgehead atoms. The number of aryl methyl sites for hydroxylation is 3. The molecule has 0 spiro atoms. The van der Waals surface area contributed by atoms with E-state index in [4.69, 9.17) is 10.8 Å². The lowest BCUT2D eigenvalue weighted by Crippen LogP contribution is -2.31. The summed E-state index contributed by atoms with van der Waals surface area (Å²) in [5.74, 6) is 6.80. The van der Waals surface area contributed by atoms with Gasteiger partial charge in [-0.05, 0) is 37.7 Å². The standard InChI is InChI=1S/C18H27N3OS/c1-2-3-4-5-6-7-12-15-20-17-16(18(22)21(15)19)13-10-8-9-11-14(13)23-17/h2-12,19H2,1H3. The zero-order valence-electron chi connectivity index (χ0n) is 14.1. The van der Waals surface area contributed by atoms with Crippen molar-refractivity contribution in [1.29, 1.82) is 0 Å². The van der Waals surface area contributed by atoms with Crippen molar-refractivity contribution in [3.63, 3.8) is 0 Å². The molecule has 1 aliphatic rings. The van der Waals surface area contributed by atoms with Crippen LogP contribution in [-0.4, -0.2) is 9.66 Å². The Morgan fingerprint density at radius 3 is 2.70 bits per heavy atom. The van der Waals surface area contributed by atoms with Crippen molar-refractivity contribution in [2.24, 2.45) is 0 Å². The second-order valence-electron chi connectivity index (χ2n) is 6.61. The lowest BCUT2D eigenvalue weighted by molar-refractivity contribution is 0.594. The molecule has 0 aliphatic heterocycles. The van der Waals surface area contributed by atoms with E-state index >= 15 is 0 Å². The Hall–Kier alpha value is -1.36. The monoisotopic (exact) mass is 333 g/mol. The zero-order chi connectivity index (χ0) is 16.2. The average Bonchev–Trinajstić information content (AvgIpc) is 2.93. The number of nitrogen functional groups attached to an aromatic ring is 1. The minimum absolute atomic E-state index is 0.0459. The molecule has 5 heteroatoms. The molecule has 1 aliphatic carbocycles. The van der Waals surface area contributed by atoms with E-state index in [1.165, 1.54) is 60.1 Å². The summed E-state index contributed by atoms with van der Waals surface area (Å²) >= 11 is 1.71. The fourth-order valence-corrected chi connectivity index (χ4v) is 4.77. The first-order chi connectivity index (χ1) is 11.2. The highest BCUT2D eigenvalue weighted by atomic mass is 32.1. The van der Waals surface area contributed by atoms with Crippen LogP contribution in [0.25, 0.3) is 10.2 Å². The molecule has 0 amide bonds. The number of nitrogens with zero attached hydrogens (tertiary/aromatic N) is 2. The number of aromatic nitrogens is 2. The molecule has 0 unspecified atom stereocenters. The van der Waals surface area contributed by atoms with Gasteiger partial charge in [0.2, 0.25) is 0 Å². The summed E-state index contributed by atoms with van der Waals surface area (Å²) in [6.07, 6.45) is 12.7. The maximum Gasteiger partial charge on any atom is 0.280 e. The quantitative estimate of drug-likeness (QED) is 0.616. The van der Waals surface area contributed by atoms with E-state index in [-0.39, 0.29) is 5.56 Å². The highest BCUT2D eigenvalue weighted by Gasteiger charge is 2.21. The van der Waals surface area contributed by atoms with E-state index in [1.807, 2.05) is 0 Å². The first kappa shape index (κ1) is 16.5. The van der Waals surface area contributed by atoms with Crippen LogP contribution in [0.4, 0.5) is 0 Å². The van der Waals surface area contributed by atoms with E-state index in [0.717, 1.165) is 41.7 Å². The Labute approximate surface area is 141 Å². The molecule has 4 nitrogen and oxygen atoms in total. The molecule has 2 aromatic heterocycles. The largest absolute Gasteiger partial charge is 0.335 e.